The van der Waals surface area contributed by atoms with Gasteiger partial charge in [0.25, 0.3) is 21.5 Å². The van der Waals surface area contributed by atoms with Crippen LogP contribution in [0.2, 0.25) is 0 Å². The first kappa shape index (κ1) is 33.4. The molecule has 1 aliphatic heterocycles. The predicted octanol–water partition coefficient (Wildman–Crippen LogP) is -0.291. The molecular formula is C28H38N8O8S. The first-order chi connectivity index (χ1) is 21.2. The fraction of sp³-hybridized carbons (Fsp3) is 0.500. The molecule has 4 rings (SSSR count). The van der Waals surface area contributed by atoms with Gasteiger partial charge in [-0.1, -0.05) is 13.8 Å². The van der Waals surface area contributed by atoms with Crippen molar-refractivity contribution in [1.82, 2.24) is 38.8 Å². The predicted molar refractivity (Wildman–Crippen MR) is 162 cm³/mol. The van der Waals surface area contributed by atoms with E-state index >= 15 is 0 Å². The van der Waals surface area contributed by atoms with E-state index < -0.39 is 50.6 Å². The Morgan fingerprint density at radius 1 is 1.11 bits per heavy atom. The maximum absolute atomic E-state index is 13.8. The van der Waals surface area contributed by atoms with Crippen molar-refractivity contribution in [1.29, 1.82) is 0 Å². The van der Waals surface area contributed by atoms with Crippen molar-refractivity contribution >= 4 is 21.8 Å². The molecule has 244 valence electrons. The van der Waals surface area contributed by atoms with Crippen LogP contribution in [0.5, 0.6) is 11.5 Å². The Labute approximate surface area is 260 Å². The van der Waals surface area contributed by atoms with Crippen LogP contribution in [-0.4, -0.2) is 81.8 Å². The third kappa shape index (κ3) is 7.25. The van der Waals surface area contributed by atoms with E-state index in [4.69, 9.17) is 9.47 Å². The van der Waals surface area contributed by atoms with Gasteiger partial charge in [-0.25, -0.2) is 22.9 Å². The molecular weight excluding hydrogens is 608 g/mol. The summed E-state index contributed by atoms with van der Waals surface area (Å²) in [7, 11) is -0.591. The first-order valence-corrected chi connectivity index (χ1v) is 15.7. The molecule has 0 unspecified atom stereocenters. The lowest BCUT2D eigenvalue weighted by atomic mass is 10.0. The third-order valence-corrected chi connectivity index (χ3v) is 9.10. The maximum Gasteiger partial charge on any atom is 0.330 e. The second-order valence-corrected chi connectivity index (χ2v) is 12.8. The quantitative estimate of drug-likeness (QED) is 0.381. The van der Waals surface area contributed by atoms with Crippen LogP contribution in [-0.2, 0) is 35.5 Å². The van der Waals surface area contributed by atoms with Crippen LogP contribution < -0.4 is 31.4 Å². The molecule has 0 saturated carbocycles. The minimum atomic E-state index is -4.57. The molecule has 45 heavy (non-hydrogen) atoms. The van der Waals surface area contributed by atoms with E-state index in [-0.39, 0.29) is 38.6 Å². The molecule has 1 aliphatic rings. The van der Waals surface area contributed by atoms with Crippen LogP contribution in [0.1, 0.15) is 48.3 Å². The Morgan fingerprint density at radius 2 is 1.84 bits per heavy atom. The SMILES string of the molecule is COc1ccc2cc1OCCn1nc(C)nc1[C@H](C(C)C)NC(=O)CN(S(=O)(=O)c1cn(C)c(=O)n(C)c1=O)CCCNC2=O. The van der Waals surface area contributed by atoms with E-state index in [1.54, 1.807) is 29.8 Å². The largest absolute Gasteiger partial charge is 0.493 e. The average Bonchev–Trinajstić information content (AvgIpc) is 3.36. The summed E-state index contributed by atoms with van der Waals surface area (Å²) in [5.41, 5.74) is -1.43. The lowest BCUT2D eigenvalue weighted by molar-refractivity contribution is -0.122. The number of benzene rings is 1. The molecule has 0 fully saturated rings. The molecule has 2 aromatic heterocycles. The van der Waals surface area contributed by atoms with Gasteiger partial charge in [0, 0.05) is 38.9 Å². The van der Waals surface area contributed by atoms with Gasteiger partial charge in [0.15, 0.2) is 16.4 Å². The summed E-state index contributed by atoms with van der Waals surface area (Å²) in [6, 6.07) is 4.08. The number of fused-ring (bicyclic) bond motifs is 3. The molecule has 0 aliphatic carbocycles. The van der Waals surface area contributed by atoms with Crippen LogP contribution in [0.25, 0.3) is 0 Å². The van der Waals surface area contributed by atoms with Crippen molar-refractivity contribution in [2.24, 2.45) is 20.0 Å². The van der Waals surface area contributed by atoms with Crippen LogP contribution in [0.15, 0.2) is 38.9 Å². The first-order valence-electron chi connectivity index (χ1n) is 14.3. The van der Waals surface area contributed by atoms with E-state index in [1.165, 1.54) is 21.2 Å². The molecule has 3 heterocycles. The van der Waals surface area contributed by atoms with Gasteiger partial charge in [-0.3, -0.25) is 19.0 Å². The van der Waals surface area contributed by atoms with Crippen LogP contribution in [0, 0.1) is 12.8 Å². The summed E-state index contributed by atoms with van der Waals surface area (Å²) in [6.07, 6.45) is 1.04. The van der Waals surface area contributed by atoms with Crippen molar-refractivity contribution in [2.45, 2.75) is 44.7 Å². The van der Waals surface area contributed by atoms with Gasteiger partial charge in [0.2, 0.25) is 5.91 Å². The molecule has 2 bridgehead atoms. The Balaban J connectivity index is 1.75. The number of aryl methyl sites for hydroxylation is 2. The molecule has 2 N–H and O–H groups in total. The Bertz CT molecular complexity index is 1810. The average molecular weight is 647 g/mol. The molecule has 0 radical (unpaired) electrons. The van der Waals surface area contributed by atoms with Gasteiger partial charge in [0.1, 0.15) is 18.3 Å². The molecule has 17 heteroatoms. The molecule has 1 aromatic carbocycles. The Kier molecular flexibility index (Phi) is 10.1. The van der Waals surface area contributed by atoms with Crippen molar-refractivity contribution in [3.8, 4) is 11.5 Å². The number of amides is 2. The summed E-state index contributed by atoms with van der Waals surface area (Å²) in [4.78, 5) is 55.4. The number of sulfonamides is 1. The number of ether oxygens (including phenoxy) is 2. The normalized spacial score (nSPS) is 17.4. The number of carbonyl (C=O) groups is 2. The van der Waals surface area contributed by atoms with Gasteiger partial charge in [-0.05, 0) is 37.5 Å². The zero-order valence-electron chi connectivity index (χ0n) is 26.1. The van der Waals surface area contributed by atoms with Gasteiger partial charge >= 0.3 is 5.69 Å². The number of hydrogen-bond donors (Lipinski definition) is 2. The fourth-order valence-corrected chi connectivity index (χ4v) is 6.47. The number of aromatic nitrogens is 5. The number of nitrogens with zero attached hydrogens (tertiary/aromatic N) is 6. The van der Waals surface area contributed by atoms with Crippen molar-refractivity contribution in [3.63, 3.8) is 0 Å². The van der Waals surface area contributed by atoms with Gasteiger partial charge < -0.3 is 24.7 Å². The van der Waals surface area contributed by atoms with E-state index in [2.05, 4.69) is 20.7 Å². The number of rotatable bonds is 4. The second-order valence-electron chi connectivity index (χ2n) is 10.9. The maximum atomic E-state index is 13.8. The number of hydrogen-bond acceptors (Lipinski definition) is 10. The van der Waals surface area contributed by atoms with Gasteiger partial charge in [-0.2, -0.15) is 9.40 Å². The van der Waals surface area contributed by atoms with Crippen molar-refractivity contribution in [2.75, 3.05) is 33.4 Å². The zero-order valence-corrected chi connectivity index (χ0v) is 26.9. The molecule has 1 atom stereocenters. The third-order valence-electron chi connectivity index (χ3n) is 7.28. The number of nitrogens with one attached hydrogen (secondary N) is 2. The minimum Gasteiger partial charge on any atom is -0.493 e. The summed E-state index contributed by atoms with van der Waals surface area (Å²) in [6.45, 7) is 5.04. The van der Waals surface area contributed by atoms with Crippen molar-refractivity contribution < 1.29 is 27.5 Å². The van der Waals surface area contributed by atoms with Crippen LogP contribution >= 0.6 is 0 Å². The molecule has 2 amide bonds. The molecule has 16 nitrogen and oxygen atoms in total. The summed E-state index contributed by atoms with van der Waals surface area (Å²) in [5.74, 6) is 0.423. The van der Waals surface area contributed by atoms with Crippen LogP contribution in [0.4, 0.5) is 0 Å². The molecule has 3 aromatic rings. The lowest BCUT2D eigenvalue weighted by Gasteiger charge is -2.26. The van der Waals surface area contributed by atoms with E-state index in [9.17, 15) is 27.6 Å². The summed E-state index contributed by atoms with van der Waals surface area (Å²) < 4.78 is 43.2. The minimum absolute atomic E-state index is 0.0526. The highest BCUT2D eigenvalue weighted by Gasteiger charge is 2.32. The number of methoxy groups -OCH3 is 1. The fourth-order valence-electron chi connectivity index (χ4n) is 4.88. The monoisotopic (exact) mass is 646 g/mol. The molecule has 0 spiro atoms. The zero-order chi connectivity index (χ0) is 33.1. The molecule has 0 saturated heterocycles. The highest BCUT2D eigenvalue weighted by Crippen LogP contribution is 2.28. The number of carbonyl (C=O) groups excluding carboxylic acids is 2. The van der Waals surface area contributed by atoms with Crippen LogP contribution in [0.3, 0.4) is 0 Å². The highest BCUT2D eigenvalue weighted by molar-refractivity contribution is 7.89. The standard InChI is InChI=1S/C28H38N8O8S/c1-17(2)24-25-30-18(3)32-36(25)12-13-44-21-14-19(8-9-20(21)43-6)26(38)29-10-7-11-35(16-23(37)31-24)45(41,42)22-15-33(4)28(40)34(5)27(22)39/h8-9,14-15,17,24H,7,10-13,16H2,1-6H3,(H,29,38)(H,31,37)/t24-/m0/s1. The topological polar surface area (TPSA) is 189 Å². The summed E-state index contributed by atoms with van der Waals surface area (Å²) in [5, 5.41) is 10.1. The lowest BCUT2D eigenvalue weighted by Crippen LogP contribution is -2.47. The Morgan fingerprint density at radius 3 is 2.53 bits per heavy atom. The van der Waals surface area contributed by atoms with E-state index in [0.29, 0.717) is 33.3 Å². The van der Waals surface area contributed by atoms with Gasteiger partial charge in [0.05, 0.1) is 26.2 Å². The van der Waals surface area contributed by atoms with Crippen molar-refractivity contribution in [3.05, 3.63) is 62.4 Å². The summed E-state index contributed by atoms with van der Waals surface area (Å²) >= 11 is 0. The van der Waals surface area contributed by atoms with Gasteiger partial charge in [-0.15, -0.1) is 0 Å². The smallest absolute Gasteiger partial charge is 0.330 e. The van der Waals surface area contributed by atoms with E-state index in [0.717, 1.165) is 15.1 Å². The van der Waals surface area contributed by atoms with E-state index in [1.807, 2.05) is 13.8 Å². The second kappa shape index (κ2) is 13.6. The Hall–Kier alpha value is -4.51. The highest BCUT2D eigenvalue weighted by atomic mass is 32.2.